The van der Waals surface area contributed by atoms with Gasteiger partial charge in [-0.25, -0.2) is 23.7 Å². The number of anilines is 2. The number of benzene rings is 2. The normalized spacial score (nSPS) is 17.7. The molecule has 1 fully saturated rings. The Bertz CT molecular complexity index is 1630. The van der Waals surface area contributed by atoms with E-state index in [1.807, 2.05) is 31.0 Å². The van der Waals surface area contributed by atoms with Gasteiger partial charge in [0.2, 0.25) is 5.95 Å². The summed E-state index contributed by atoms with van der Waals surface area (Å²) in [6.45, 7) is 5.49. The molecule has 0 saturated carbocycles. The zero-order chi connectivity index (χ0) is 28.0. The van der Waals surface area contributed by atoms with Crippen LogP contribution >= 0.6 is 11.3 Å². The first kappa shape index (κ1) is 28.4. The lowest BCUT2D eigenvalue weighted by atomic mass is 10.0. The van der Waals surface area contributed by atoms with E-state index in [0.717, 1.165) is 11.4 Å². The highest BCUT2D eigenvalue weighted by Crippen LogP contribution is 2.36. The van der Waals surface area contributed by atoms with Crippen LogP contribution in [0.5, 0.6) is 0 Å². The second-order valence-electron chi connectivity index (χ2n) is 10.2. The van der Waals surface area contributed by atoms with E-state index in [1.165, 1.54) is 29.5 Å². The number of fused-ring (bicyclic) bond motifs is 3. The molecule has 2 aliphatic rings. The number of nitrogens with one attached hydrogen (secondary N) is 2. The van der Waals surface area contributed by atoms with E-state index in [2.05, 4.69) is 32.5 Å². The number of halogens is 2. The molecule has 2 aromatic carbocycles. The molecule has 1 amide bonds. The summed E-state index contributed by atoms with van der Waals surface area (Å²) in [4.78, 5) is 33.8. The molecular formula is C30H31F2N7OS. The first-order chi connectivity index (χ1) is 19.2. The summed E-state index contributed by atoms with van der Waals surface area (Å²) in [6.07, 6.45) is 2.56. The quantitative estimate of drug-likeness (QED) is 0.315. The van der Waals surface area contributed by atoms with Gasteiger partial charge >= 0.3 is 0 Å². The Hall–Kier alpha value is -4.09. The molecule has 1 unspecified atom stereocenters. The maximum Gasteiger partial charge on any atom is 0.253 e. The van der Waals surface area contributed by atoms with Crippen LogP contribution in [0.4, 0.5) is 20.4 Å². The minimum absolute atomic E-state index is 0. The molecule has 212 valence electrons. The SMILES string of the molecule is C.CNC1(C)CCN(C(=O)c2ccc(Nc3ncc4c(n3)-c3nc(C)sc3C(c3c(F)cccc3F)=NC4)cc2)C1. The average molecular weight is 576 g/mol. The summed E-state index contributed by atoms with van der Waals surface area (Å²) in [5.74, 6) is -1.03. The van der Waals surface area contributed by atoms with Gasteiger partial charge in [-0.1, -0.05) is 13.5 Å². The van der Waals surface area contributed by atoms with Gasteiger partial charge in [-0.05, 0) is 63.7 Å². The number of carbonyl (C=O) groups excluding carboxylic acids is 1. The summed E-state index contributed by atoms with van der Waals surface area (Å²) >= 11 is 1.32. The van der Waals surface area contributed by atoms with Gasteiger partial charge in [0.25, 0.3) is 5.91 Å². The highest BCUT2D eigenvalue weighted by Gasteiger charge is 2.35. The summed E-state index contributed by atoms with van der Waals surface area (Å²) in [6, 6.07) is 11.0. The topological polar surface area (TPSA) is 95.4 Å². The molecule has 6 rings (SSSR count). The van der Waals surface area contributed by atoms with Crippen molar-refractivity contribution in [2.75, 3.05) is 25.5 Å². The van der Waals surface area contributed by atoms with Crippen LogP contribution in [0, 0.1) is 18.6 Å². The van der Waals surface area contributed by atoms with E-state index in [0.29, 0.717) is 52.1 Å². The number of likely N-dealkylation sites (tertiary alicyclic amines) is 1. The van der Waals surface area contributed by atoms with Crippen molar-refractivity contribution in [1.82, 2.24) is 25.2 Å². The van der Waals surface area contributed by atoms with Crippen LogP contribution in [-0.4, -0.2) is 57.1 Å². The molecule has 4 aromatic rings. The Morgan fingerprint density at radius 1 is 1.07 bits per heavy atom. The van der Waals surface area contributed by atoms with Crippen LogP contribution in [0.15, 0.2) is 53.7 Å². The van der Waals surface area contributed by atoms with E-state index in [-0.39, 0.29) is 36.7 Å². The molecule has 4 heterocycles. The molecule has 0 spiro atoms. The first-order valence-electron chi connectivity index (χ1n) is 12.9. The first-order valence-corrected chi connectivity index (χ1v) is 13.7. The number of aromatic nitrogens is 3. The third-order valence-corrected chi connectivity index (χ3v) is 8.37. The maximum absolute atomic E-state index is 14.7. The van der Waals surface area contributed by atoms with Crippen molar-refractivity contribution in [3.8, 4) is 11.4 Å². The van der Waals surface area contributed by atoms with E-state index in [9.17, 15) is 13.6 Å². The number of likely N-dealkylation sites (N-methyl/N-ethyl adjacent to an activating group) is 1. The van der Waals surface area contributed by atoms with E-state index in [1.54, 1.807) is 18.3 Å². The van der Waals surface area contributed by atoms with Gasteiger partial charge in [0, 0.05) is 41.6 Å². The molecule has 0 radical (unpaired) electrons. The molecule has 2 aliphatic heterocycles. The summed E-state index contributed by atoms with van der Waals surface area (Å²) in [5, 5.41) is 7.22. The lowest BCUT2D eigenvalue weighted by Crippen LogP contribution is -2.43. The van der Waals surface area contributed by atoms with Crippen molar-refractivity contribution >= 4 is 34.6 Å². The van der Waals surface area contributed by atoms with Gasteiger partial charge in [0.15, 0.2) is 0 Å². The highest BCUT2D eigenvalue weighted by molar-refractivity contribution is 7.14. The minimum atomic E-state index is -0.683. The molecular weight excluding hydrogens is 544 g/mol. The number of rotatable bonds is 5. The molecule has 2 aromatic heterocycles. The smallest absolute Gasteiger partial charge is 0.253 e. The molecule has 2 N–H and O–H groups in total. The van der Waals surface area contributed by atoms with Crippen molar-refractivity contribution in [2.24, 2.45) is 4.99 Å². The average Bonchev–Trinajstić information content (AvgIpc) is 3.50. The Balaban J connectivity index is 0.00000337. The molecule has 11 heteroatoms. The molecule has 41 heavy (non-hydrogen) atoms. The van der Waals surface area contributed by atoms with Crippen molar-refractivity contribution in [3.05, 3.63) is 86.9 Å². The Labute approximate surface area is 241 Å². The van der Waals surface area contributed by atoms with Crippen molar-refractivity contribution in [3.63, 3.8) is 0 Å². The number of hydrogen-bond donors (Lipinski definition) is 2. The predicted octanol–water partition coefficient (Wildman–Crippen LogP) is 5.74. The molecule has 0 aliphatic carbocycles. The van der Waals surface area contributed by atoms with Crippen LogP contribution in [0.25, 0.3) is 11.4 Å². The summed E-state index contributed by atoms with van der Waals surface area (Å²) < 4.78 is 29.4. The van der Waals surface area contributed by atoms with E-state index in [4.69, 9.17) is 4.98 Å². The third-order valence-electron chi connectivity index (χ3n) is 7.40. The zero-order valence-corrected chi connectivity index (χ0v) is 23.1. The maximum atomic E-state index is 14.7. The third kappa shape index (κ3) is 5.34. The van der Waals surface area contributed by atoms with Crippen LogP contribution in [0.2, 0.25) is 0 Å². The predicted molar refractivity (Wildman–Crippen MR) is 158 cm³/mol. The number of nitrogens with zero attached hydrogens (tertiary/aromatic N) is 5. The number of carbonyl (C=O) groups is 1. The standard InChI is InChI=1S/C29H27F2N7OS.CH4/c1-16-35-25-23-18(13-33-24(26(25)40-16)22-20(30)5-4-6-21(22)31)14-34-28(37-23)36-19-9-7-17(8-10-19)27(39)38-12-11-29(2,15-38)32-3;/h4-10,14,32H,11-13,15H2,1-3H3,(H,34,36,37);1H4. The largest absolute Gasteiger partial charge is 0.337 e. The number of amides is 1. The van der Waals surface area contributed by atoms with Gasteiger partial charge in [0.05, 0.1) is 27.7 Å². The van der Waals surface area contributed by atoms with Gasteiger partial charge in [0.1, 0.15) is 23.0 Å². The Morgan fingerprint density at radius 2 is 1.80 bits per heavy atom. The fourth-order valence-corrected chi connectivity index (χ4v) is 5.97. The van der Waals surface area contributed by atoms with E-state index >= 15 is 0 Å². The van der Waals surface area contributed by atoms with Crippen LogP contribution in [0.3, 0.4) is 0 Å². The van der Waals surface area contributed by atoms with Crippen molar-refractivity contribution in [2.45, 2.75) is 39.8 Å². The number of aryl methyl sites for hydroxylation is 1. The Morgan fingerprint density at radius 3 is 2.49 bits per heavy atom. The van der Waals surface area contributed by atoms with Gasteiger partial charge in [-0.2, -0.15) is 0 Å². The number of hydrogen-bond acceptors (Lipinski definition) is 8. The number of thiazole rings is 1. The van der Waals surface area contributed by atoms with E-state index < -0.39 is 11.6 Å². The van der Waals surface area contributed by atoms with Crippen molar-refractivity contribution in [1.29, 1.82) is 0 Å². The Kier molecular flexibility index (Phi) is 7.67. The second kappa shape index (κ2) is 11.1. The minimum Gasteiger partial charge on any atom is -0.337 e. The van der Waals surface area contributed by atoms with Crippen LogP contribution in [0.1, 0.15) is 52.1 Å². The van der Waals surface area contributed by atoms with Crippen LogP contribution < -0.4 is 10.6 Å². The summed E-state index contributed by atoms with van der Waals surface area (Å²) in [7, 11) is 1.92. The van der Waals surface area contributed by atoms with Gasteiger partial charge in [-0.3, -0.25) is 9.79 Å². The lowest BCUT2D eigenvalue weighted by Gasteiger charge is -2.24. The fraction of sp³-hybridized carbons (Fsp3) is 0.300. The van der Waals surface area contributed by atoms with Crippen LogP contribution in [-0.2, 0) is 6.54 Å². The fourth-order valence-electron chi connectivity index (χ4n) is 5.03. The highest BCUT2D eigenvalue weighted by atomic mass is 32.1. The van der Waals surface area contributed by atoms with Gasteiger partial charge in [-0.15, -0.1) is 11.3 Å². The molecule has 0 bridgehead atoms. The molecule has 1 saturated heterocycles. The van der Waals surface area contributed by atoms with Crippen molar-refractivity contribution < 1.29 is 13.6 Å². The zero-order valence-electron chi connectivity index (χ0n) is 22.3. The van der Waals surface area contributed by atoms with Gasteiger partial charge < -0.3 is 15.5 Å². The molecule has 8 nitrogen and oxygen atoms in total. The second-order valence-corrected chi connectivity index (χ2v) is 11.4. The monoisotopic (exact) mass is 575 g/mol. The summed E-state index contributed by atoms with van der Waals surface area (Å²) in [5.41, 5.74) is 3.08. The number of aliphatic imine (C=N–C) groups is 1. The lowest BCUT2D eigenvalue weighted by molar-refractivity contribution is 0.0782. The molecule has 1 atom stereocenters.